The lowest BCUT2D eigenvalue weighted by Gasteiger charge is -2.09. The summed E-state index contributed by atoms with van der Waals surface area (Å²) in [6.07, 6.45) is 4.93. The standard InChI is InChI=1S/C23H22O4S/c1-3-4-14-27-21(24)13-12-20-22(19(15-28-20)23(25)26-2)18-11-7-9-16-8-5-6-10-17(16)18/h5-13,15H,3-4,14H2,1-2H3/b13-12+. The van der Waals surface area contributed by atoms with Crippen LogP contribution in [0.15, 0.2) is 53.9 Å². The number of unbranched alkanes of at least 4 members (excludes halogenated alkanes) is 1. The maximum Gasteiger partial charge on any atom is 0.339 e. The van der Waals surface area contributed by atoms with E-state index in [0.717, 1.165) is 39.6 Å². The Hall–Kier alpha value is -2.92. The van der Waals surface area contributed by atoms with Crippen LogP contribution in [0.4, 0.5) is 0 Å². The van der Waals surface area contributed by atoms with E-state index < -0.39 is 5.97 Å². The van der Waals surface area contributed by atoms with Crippen LogP contribution in [0.5, 0.6) is 0 Å². The van der Waals surface area contributed by atoms with Crippen LogP contribution in [0.2, 0.25) is 0 Å². The molecule has 0 N–H and O–H groups in total. The number of carbonyl (C=O) groups excluding carboxylic acids is 2. The highest BCUT2D eigenvalue weighted by molar-refractivity contribution is 7.11. The maximum absolute atomic E-state index is 12.3. The van der Waals surface area contributed by atoms with Gasteiger partial charge in [0.1, 0.15) is 0 Å². The van der Waals surface area contributed by atoms with Crippen molar-refractivity contribution >= 4 is 40.1 Å². The number of carbonyl (C=O) groups is 2. The van der Waals surface area contributed by atoms with Crippen LogP contribution in [0.25, 0.3) is 28.0 Å². The van der Waals surface area contributed by atoms with Gasteiger partial charge in [0.2, 0.25) is 0 Å². The van der Waals surface area contributed by atoms with Crippen LogP contribution in [0.3, 0.4) is 0 Å². The van der Waals surface area contributed by atoms with Gasteiger partial charge in [0, 0.05) is 21.9 Å². The summed E-state index contributed by atoms with van der Waals surface area (Å²) in [6.45, 7) is 2.45. The summed E-state index contributed by atoms with van der Waals surface area (Å²) in [5.41, 5.74) is 2.19. The van der Waals surface area contributed by atoms with Crippen molar-refractivity contribution in [2.75, 3.05) is 13.7 Å². The summed E-state index contributed by atoms with van der Waals surface area (Å²) < 4.78 is 10.1. The summed E-state index contributed by atoms with van der Waals surface area (Å²) in [4.78, 5) is 25.1. The lowest BCUT2D eigenvalue weighted by molar-refractivity contribution is -0.137. The third-order valence-electron chi connectivity index (χ3n) is 4.40. The first-order valence-electron chi connectivity index (χ1n) is 9.18. The normalized spacial score (nSPS) is 11.1. The predicted molar refractivity (Wildman–Crippen MR) is 114 cm³/mol. The third-order valence-corrected chi connectivity index (χ3v) is 5.34. The summed E-state index contributed by atoms with van der Waals surface area (Å²) in [5, 5.41) is 3.88. The zero-order valence-corrected chi connectivity index (χ0v) is 16.8. The fraction of sp³-hybridized carbons (Fsp3) is 0.217. The molecule has 144 valence electrons. The molecule has 1 heterocycles. The molecule has 0 bridgehead atoms. The average molecular weight is 394 g/mol. The number of thiophene rings is 1. The molecule has 0 radical (unpaired) electrons. The number of rotatable bonds is 7. The third kappa shape index (κ3) is 4.31. The molecule has 0 amide bonds. The largest absolute Gasteiger partial charge is 0.465 e. The molecular weight excluding hydrogens is 372 g/mol. The molecule has 28 heavy (non-hydrogen) atoms. The van der Waals surface area contributed by atoms with Crippen molar-refractivity contribution in [3.8, 4) is 11.1 Å². The SMILES string of the molecule is CCCCOC(=O)/C=C/c1scc(C(=O)OC)c1-c1cccc2ccccc12. The van der Waals surface area contributed by atoms with Crippen molar-refractivity contribution in [2.24, 2.45) is 0 Å². The fourth-order valence-corrected chi connectivity index (χ4v) is 3.93. The van der Waals surface area contributed by atoms with E-state index in [1.54, 1.807) is 11.5 Å². The molecule has 0 aliphatic rings. The molecule has 0 aliphatic carbocycles. The molecule has 0 aliphatic heterocycles. The van der Waals surface area contributed by atoms with Gasteiger partial charge in [-0.05, 0) is 28.8 Å². The second-order valence-electron chi connectivity index (χ2n) is 6.26. The lowest BCUT2D eigenvalue weighted by atomic mass is 9.95. The highest BCUT2D eigenvalue weighted by Gasteiger charge is 2.20. The quantitative estimate of drug-likeness (QED) is 0.292. The number of benzene rings is 2. The molecule has 3 rings (SSSR count). The van der Waals surface area contributed by atoms with E-state index in [0.29, 0.717) is 12.2 Å². The van der Waals surface area contributed by atoms with Crippen molar-refractivity contribution in [3.63, 3.8) is 0 Å². The average Bonchev–Trinajstić information content (AvgIpc) is 3.15. The zero-order chi connectivity index (χ0) is 19.9. The van der Waals surface area contributed by atoms with Gasteiger partial charge in [-0.2, -0.15) is 0 Å². The van der Waals surface area contributed by atoms with E-state index in [2.05, 4.69) is 0 Å². The summed E-state index contributed by atoms with van der Waals surface area (Å²) in [6, 6.07) is 14.0. The Balaban J connectivity index is 2.04. The van der Waals surface area contributed by atoms with Gasteiger partial charge in [-0.1, -0.05) is 55.8 Å². The molecule has 5 heteroatoms. The van der Waals surface area contributed by atoms with Gasteiger partial charge in [0.15, 0.2) is 0 Å². The lowest BCUT2D eigenvalue weighted by Crippen LogP contribution is -2.02. The van der Waals surface area contributed by atoms with Crippen LogP contribution in [0, 0.1) is 0 Å². The minimum absolute atomic E-state index is 0.384. The van der Waals surface area contributed by atoms with E-state index in [1.165, 1.54) is 24.5 Å². The molecule has 1 aromatic heterocycles. The Labute approximate surface area is 168 Å². The van der Waals surface area contributed by atoms with Crippen molar-refractivity contribution in [1.82, 2.24) is 0 Å². The van der Waals surface area contributed by atoms with Gasteiger partial charge in [0.05, 0.1) is 19.3 Å². The van der Waals surface area contributed by atoms with Crippen molar-refractivity contribution < 1.29 is 19.1 Å². The van der Waals surface area contributed by atoms with Gasteiger partial charge in [-0.25, -0.2) is 9.59 Å². The van der Waals surface area contributed by atoms with Crippen molar-refractivity contribution in [2.45, 2.75) is 19.8 Å². The molecule has 4 nitrogen and oxygen atoms in total. The van der Waals surface area contributed by atoms with Crippen LogP contribution >= 0.6 is 11.3 Å². The van der Waals surface area contributed by atoms with E-state index in [4.69, 9.17) is 9.47 Å². The van der Waals surface area contributed by atoms with Crippen LogP contribution in [-0.2, 0) is 14.3 Å². The number of esters is 2. The second kappa shape index (κ2) is 9.33. The molecule has 3 aromatic rings. The highest BCUT2D eigenvalue weighted by Crippen LogP contribution is 2.38. The van der Waals surface area contributed by atoms with E-state index >= 15 is 0 Å². The Morgan fingerprint density at radius 1 is 1.11 bits per heavy atom. The minimum Gasteiger partial charge on any atom is -0.465 e. The molecule has 0 spiro atoms. The Morgan fingerprint density at radius 2 is 1.89 bits per heavy atom. The molecular formula is C23H22O4S. The highest BCUT2D eigenvalue weighted by atomic mass is 32.1. The van der Waals surface area contributed by atoms with E-state index in [9.17, 15) is 9.59 Å². The van der Waals surface area contributed by atoms with E-state index in [-0.39, 0.29) is 5.97 Å². The van der Waals surface area contributed by atoms with Crippen LogP contribution < -0.4 is 0 Å². The van der Waals surface area contributed by atoms with E-state index in [1.807, 2.05) is 49.4 Å². The van der Waals surface area contributed by atoms with Crippen LogP contribution in [-0.4, -0.2) is 25.7 Å². The minimum atomic E-state index is -0.399. The van der Waals surface area contributed by atoms with Gasteiger partial charge in [-0.15, -0.1) is 11.3 Å². The van der Waals surface area contributed by atoms with Gasteiger partial charge in [-0.3, -0.25) is 0 Å². The first kappa shape index (κ1) is 19.8. The summed E-state index contributed by atoms with van der Waals surface area (Å²) in [5.74, 6) is -0.783. The second-order valence-corrected chi connectivity index (χ2v) is 7.17. The van der Waals surface area contributed by atoms with Crippen molar-refractivity contribution in [1.29, 1.82) is 0 Å². The zero-order valence-electron chi connectivity index (χ0n) is 15.9. The predicted octanol–water partition coefficient (Wildman–Crippen LogP) is 5.71. The maximum atomic E-state index is 12.3. The first-order chi connectivity index (χ1) is 13.7. The number of ether oxygens (including phenoxy) is 2. The summed E-state index contributed by atoms with van der Waals surface area (Å²) >= 11 is 1.40. The number of methoxy groups -OCH3 is 1. The van der Waals surface area contributed by atoms with Gasteiger partial charge in [0.25, 0.3) is 0 Å². The van der Waals surface area contributed by atoms with Crippen molar-refractivity contribution in [3.05, 3.63) is 64.4 Å². The molecule has 0 atom stereocenters. The molecule has 0 saturated heterocycles. The molecule has 0 saturated carbocycles. The topological polar surface area (TPSA) is 52.6 Å². The summed E-state index contributed by atoms with van der Waals surface area (Å²) in [7, 11) is 1.37. The van der Waals surface area contributed by atoms with Gasteiger partial charge < -0.3 is 9.47 Å². The Bertz CT molecular complexity index is 1010. The Kier molecular flexibility index (Phi) is 6.61. The van der Waals surface area contributed by atoms with Crippen LogP contribution in [0.1, 0.15) is 35.0 Å². The van der Waals surface area contributed by atoms with Gasteiger partial charge >= 0.3 is 11.9 Å². The number of fused-ring (bicyclic) bond motifs is 1. The molecule has 2 aromatic carbocycles. The Morgan fingerprint density at radius 3 is 2.68 bits per heavy atom. The number of hydrogen-bond acceptors (Lipinski definition) is 5. The first-order valence-corrected chi connectivity index (χ1v) is 10.1. The smallest absolute Gasteiger partial charge is 0.339 e. The molecule has 0 unspecified atom stereocenters. The fourth-order valence-electron chi connectivity index (χ4n) is 2.99. The number of hydrogen-bond donors (Lipinski definition) is 0. The monoisotopic (exact) mass is 394 g/mol. The molecule has 0 fully saturated rings.